The van der Waals surface area contributed by atoms with Crippen molar-refractivity contribution in [3.05, 3.63) is 21.9 Å². The molecule has 0 fully saturated rings. The minimum absolute atomic E-state index is 0.0512. The largest absolute Gasteiger partial charge is 0.351 e. The van der Waals surface area contributed by atoms with Gasteiger partial charge in [0, 0.05) is 29.6 Å². The van der Waals surface area contributed by atoms with Gasteiger partial charge in [-0.25, -0.2) is 4.98 Å². The van der Waals surface area contributed by atoms with Crippen LogP contribution in [-0.2, 0) is 16.1 Å². The zero-order valence-corrected chi connectivity index (χ0v) is 14.1. The molecule has 0 aliphatic carbocycles. The van der Waals surface area contributed by atoms with Gasteiger partial charge in [-0.1, -0.05) is 0 Å². The molecule has 0 saturated heterocycles. The predicted octanol–water partition coefficient (Wildman–Crippen LogP) is 2.10. The van der Waals surface area contributed by atoms with Gasteiger partial charge < -0.3 is 16.4 Å². The van der Waals surface area contributed by atoms with Gasteiger partial charge in [0.05, 0.1) is 17.1 Å². The number of thiophene rings is 1. The van der Waals surface area contributed by atoms with Crippen molar-refractivity contribution in [2.75, 3.05) is 11.9 Å². The van der Waals surface area contributed by atoms with E-state index in [1.807, 2.05) is 19.1 Å². The molecular weight excluding hydrogens is 320 g/mol. The molecule has 8 heteroatoms. The lowest BCUT2D eigenvalue weighted by Crippen LogP contribution is -2.17. The molecule has 0 spiro atoms. The summed E-state index contributed by atoms with van der Waals surface area (Å²) in [6, 6.07) is 3.96. The van der Waals surface area contributed by atoms with Crippen molar-refractivity contribution in [1.82, 2.24) is 10.3 Å². The van der Waals surface area contributed by atoms with Crippen molar-refractivity contribution in [1.29, 1.82) is 0 Å². The number of anilines is 1. The van der Waals surface area contributed by atoms with E-state index < -0.39 is 0 Å². The molecule has 0 atom stereocenters. The third-order valence-corrected chi connectivity index (χ3v) is 4.80. The lowest BCUT2D eigenvalue weighted by molar-refractivity contribution is -0.119. The second kappa shape index (κ2) is 7.48. The van der Waals surface area contributed by atoms with E-state index >= 15 is 0 Å². The van der Waals surface area contributed by atoms with E-state index in [0.29, 0.717) is 18.2 Å². The van der Waals surface area contributed by atoms with Gasteiger partial charge in [-0.15, -0.1) is 22.7 Å². The maximum absolute atomic E-state index is 11.6. The Bertz CT molecular complexity index is 678. The van der Waals surface area contributed by atoms with Crippen LogP contribution in [0.15, 0.2) is 12.1 Å². The first-order valence-corrected chi connectivity index (χ1v) is 8.43. The van der Waals surface area contributed by atoms with Crippen LogP contribution in [0.2, 0.25) is 0 Å². The van der Waals surface area contributed by atoms with Crippen molar-refractivity contribution in [3.8, 4) is 10.6 Å². The molecule has 0 saturated carbocycles. The van der Waals surface area contributed by atoms with Crippen molar-refractivity contribution >= 4 is 39.6 Å². The van der Waals surface area contributed by atoms with Gasteiger partial charge in [-0.05, 0) is 19.1 Å². The van der Waals surface area contributed by atoms with E-state index in [2.05, 4.69) is 15.6 Å². The van der Waals surface area contributed by atoms with Crippen LogP contribution in [0.3, 0.4) is 0 Å². The maximum Gasteiger partial charge on any atom is 0.227 e. The number of rotatable bonds is 6. The summed E-state index contributed by atoms with van der Waals surface area (Å²) >= 11 is 3.03. The molecule has 118 valence electrons. The number of hydrogen-bond acceptors (Lipinski definition) is 6. The molecule has 2 amide bonds. The number of carbonyl (C=O) groups excluding carboxylic acids is 2. The highest BCUT2D eigenvalue weighted by Crippen LogP contribution is 2.34. The Morgan fingerprint density at radius 3 is 2.77 bits per heavy atom. The average molecular weight is 338 g/mol. The Hall–Kier alpha value is -1.77. The minimum Gasteiger partial charge on any atom is -0.351 e. The molecule has 6 nitrogen and oxygen atoms in total. The maximum atomic E-state index is 11.6. The Morgan fingerprint density at radius 1 is 1.32 bits per heavy atom. The first-order valence-electron chi connectivity index (χ1n) is 6.80. The van der Waals surface area contributed by atoms with Crippen LogP contribution in [0.1, 0.15) is 23.1 Å². The van der Waals surface area contributed by atoms with E-state index in [9.17, 15) is 9.59 Å². The highest BCUT2D eigenvalue weighted by molar-refractivity contribution is 7.18. The van der Waals surface area contributed by atoms with Crippen LogP contribution < -0.4 is 16.4 Å². The number of carbonyl (C=O) groups is 2. The molecule has 2 heterocycles. The standard InChI is InChI=1S/C14H18N4O2S2/c1-8-13(18-14(21-8)17-12(20)5-6-15)11-4-3-10(22-11)7-16-9(2)19/h3-4H,5-7,15H2,1-2H3,(H,16,19)(H,17,18,20). The highest BCUT2D eigenvalue weighted by atomic mass is 32.1. The van der Waals surface area contributed by atoms with Crippen LogP contribution in [-0.4, -0.2) is 23.3 Å². The fourth-order valence-electron chi connectivity index (χ4n) is 1.80. The summed E-state index contributed by atoms with van der Waals surface area (Å²) in [5.74, 6) is -0.176. The van der Waals surface area contributed by atoms with Crippen molar-refractivity contribution in [2.24, 2.45) is 5.73 Å². The lowest BCUT2D eigenvalue weighted by atomic mass is 10.3. The summed E-state index contributed by atoms with van der Waals surface area (Å²) in [6.07, 6.45) is 0.286. The number of nitrogens with two attached hydrogens (primary N) is 1. The molecule has 0 aliphatic heterocycles. The fraction of sp³-hybridized carbons (Fsp3) is 0.357. The Morgan fingerprint density at radius 2 is 2.09 bits per heavy atom. The molecule has 0 aliphatic rings. The molecule has 0 bridgehead atoms. The van der Waals surface area contributed by atoms with E-state index in [0.717, 1.165) is 20.3 Å². The molecule has 0 unspecified atom stereocenters. The number of thiazole rings is 1. The third-order valence-electron chi connectivity index (χ3n) is 2.82. The first kappa shape index (κ1) is 16.6. The molecule has 4 N–H and O–H groups in total. The molecule has 22 heavy (non-hydrogen) atoms. The van der Waals surface area contributed by atoms with Gasteiger partial charge in [0.2, 0.25) is 11.8 Å². The number of hydrogen-bond donors (Lipinski definition) is 3. The zero-order valence-electron chi connectivity index (χ0n) is 12.4. The number of nitrogens with one attached hydrogen (secondary N) is 2. The molecule has 0 radical (unpaired) electrons. The topological polar surface area (TPSA) is 97.1 Å². The van der Waals surface area contributed by atoms with Gasteiger partial charge in [-0.3, -0.25) is 9.59 Å². The first-order chi connectivity index (χ1) is 10.5. The van der Waals surface area contributed by atoms with Gasteiger partial charge in [-0.2, -0.15) is 0 Å². The van der Waals surface area contributed by atoms with Crippen molar-refractivity contribution in [2.45, 2.75) is 26.8 Å². The normalized spacial score (nSPS) is 10.5. The number of nitrogens with zero attached hydrogens (tertiary/aromatic N) is 1. The smallest absolute Gasteiger partial charge is 0.227 e. The quantitative estimate of drug-likeness (QED) is 0.751. The zero-order chi connectivity index (χ0) is 16.1. The molecular formula is C14H18N4O2S2. The summed E-state index contributed by atoms with van der Waals surface area (Å²) in [5.41, 5.74) is 6.22. The van der Waals surface area contributed by atoms with Crippen LogP contribution in [0.4, 0.5) is 5.13 Å². The van der Waals surface area contributed by atoms with E-state index in [-0.39, 0.29) is 18.2 Å². The van der Waals surface area contributed by atoms with Crippen LogP contribution in [0.5, 0.6) is 0 Å². The van der Waals surface area contributed by atoms with E-state index in [1.54, 1.807) is 11.3 Å². The second-order valence-corrected chi connectivity index (χ2v) is 7.06. The fourth-order valence-corrected chi connectivity index (χ4v) is 3.71. The Balaban J connectivity index is 2.10. The third kappa shape index (κ3) is 4.36. The Kier molecular flexibility index (Phi) is 5.64. The lowest BCUT2D eigenvalue weighted by Gasteiger charge is -1.98. The summed E-state index contributed by atoms with van der Waals surface area (Å²) in [4.78, 5) is 30.1. The van der Waals surface area contributed by atoms with Gasteiger partial charge in [0.15, 0.2) is 5.13 Å². The van der Waals surface area contributed by atoms with Gasteiger partial charge in [0.1, 0.15) is 0 Å². The summed E-state index contributed by atoms with van der Waals surface area (Å²) in [7, 11) is 0. The second-order valence-electron chi connectivity index (χ2n) is 4.69. The summed E-state index contributed by atoms with van der Waals surface area (Å²) in [5, 5.41) is 6.11. The number of aryl methyl sites for hydroxylation is 1. The predicted molar refractivity (Wildman–Crippen MR) is 90.0 cm³/mol. The van der Waals surface area contributed by atoms with Crippen LogP contribution >= 0.6 is 22.7 Å². The van der Waals surface area contributed by atoms with E-state index in [4.69, 9.17) is 5.73 Å². The molecule has 2 rings (SSSR count). The molecule has 2 aromatic heterocycles. The van der Waals surface area contributed by atoms with E-state index in [1.165, 1.54) is 18.3 Å². The summed E-state index contributed by atoms with van der Waals surface area (Å²) < 4.78 is 0. The minimum atomic E-state index is -0.125. The van der Waals surface area contributed by atoms with Crippen molar-refractivity contribution in [3.63, 3.8) is 0 Å². The monoisotopic (exact) mass is 338 g/mol. The van der Waals surface area contributed by atoms with Crippen LogP contribution in [0.25, 0.3) is 10.6 Å². The average Bonchev–Trinajstić information content (AvgIpc) is 3.03. The molecule has 0 aromatic carbocycles. The van der Waals surface area contributed by atoms with Gasteiger partial charge >= 0.3 is 0 Å². The molecule has 2 aromatic rings. The number of aromatic nitrogens is 1. The SMILES string of the molecule is CC(=O)NCc1ccc(-c2nc(NC(=O)CCN)sc2C)s1. The highest BCUT2D eigenvalue weighted by Gasteiger charge is 2.13. The Labute approximate surface area is 136 Å². The number of amides is 2. The van der Waals surface area contributed by atoms with Crippen molar-refractivity contribution < 1.29 is 9.59 Å². The van der Waals surface area contributed by atoms with Gasteiger partial charge in [0.25, 0.3) is 0 Å². The summed E-state index contributed by atoms with van der Waals surface area (Å²) in [6.45, 7) is 4.30. The van der Waals surface area contributed by atoms with Crippen LogP contribution in [0, 0.1) is 6.92 Å².